The van der Waals surface area contributed by atoms with E-state index in [9.17, 15) is 9.59 Å². The lowest BCUT2D eigenvalue weighted by molar-refractivity contribution is -0.125. The zero-order valence-corrected chi connectivity index (χ0v) is 22.3. The van der Waals surface area contributed by atoms with E-state index < -0.39 is 0 Å². The van der Waals surface area contributed by atoms with E-state index in [4.69, 9.17) is 14.2 Å². The smallest absolute Gasteiger partial charge is 0.258 e. The number of methoxy groups -OCH3 is 1. The molecule has 1 unspecified atom stereocenters. The van der Waals surface area contributed by atoms with Crippen LogP contribution in [0.4, 0.5) is 23.0 Å². The van der Waals surface area contributed by atoms with Gasteiger partial charge in [0.2, 0.25) is 5.91 Å². The van der Waals surface area contributed by atoms with Crippen molar-refractivity contribution in [2.45, 2.75) is 32.7 Å². The molecule has 0 spiro atoms. The molecule has 6 bridgehead atoms. The molecule has 4 N–H and O–H groups in total. The molecule has 206 valence electrons. The summed E-state index contributed by atoms with van der Waals surface area (Å²) in [7, 11) is 1.57. The van der Waals surface area contributed by atoms with Crippen LogP contribution in [-0.4, -0.2) is 54.7 Å². The highest BCUT2D eigenvalue weighted by Crippen LogP contribution is 2.31. The summed E-state index contributed by atoms with van der Waals surface area (Å²) < 4.78 is 17.1. The van der Waals surface area contributed by atoms with Gasteiger partial charge in [-0.25, -0.2) is 9.97 Å². The molecule has 0 fully saturated rings. The third-order valence-corrected chi connectivity index (χ3v) is 5.81. The molecule has 1 aliphatic heterocycles. The van der Waals surface area contributed by atoms with Gasteiger partial charge in [0.05, 0.1) is 13.7 Å². The number of amides is 2. The summed E-state index contributed by atoms with van der Waals surface area (Å²) in [5, 5.41) is 12.3. The van der Waals surface area contributed by atoms with Gasteiger partial charge < -0.3 is 35.5 Å². The maximum absolute atomic E-state index is 12.6. The monoisotopic (exact) mass is 534 g/mol. The highest BCUT2D eigenvalue weighted by atomic mass is 16.5. The zero-order valence-electron chi connectivity index (χ0n) is 22.3. The van der Waals surface area contributed by atoms with Gasteiger partial charge >= 0.3 is 0 Å². The zero-order chi connectivity index (χ0) is 27.6. The number of aromatic nitrogens is 2. The molecule has 2 aromatic carbocycles. The Bertz CT molecular complexity index is 1280. The van der Waals surface area contributed by atoms with Gasteiger partial charge in [-0.05, 0) is 36.6 Å². The molecule has 2 heterocycles. The largest absolute Gasteiger partial charge is 0.493 e. The Morgan fingerprint density at radius 1 is 0.974 bits per heavy atom. The Balaban J connectivity index is 1.57. The van der Waals surface area contributed by atoms with Crippen molar-refractivity contribution >= 4 is 34.8 Å². The number of carbonyl (C=O) groups excluding carboxylic acids is 2. The van der Waals surface area contributed by atoms with Crippen LogP contribution in [0.5, 0.6) is 17.2 Å². The van der Waals surface area contributed by atoms with Gasteiger partial charge in [0.25, 0.3) is 5.91 Å². The van der Waals surface area contributed by atoms with E-state index in [-0.39, 0.29) is 37.5 Å². The lowest BCUT2D eigenvalue weighted by atomic mass is 10.0. The van der Waals surface area contributed by atoms with Gasteiger partial charge in [0.15, 0.2) is 18.1 Å². The van der Waals surface area contributed by atoms with Crippen molar-refractivity contribution < 1.29 is 23.8 Å². The molecule has 0 radical (unpaired) electrons. The summed E-state index contributed by atoms with van der Waals surface area (Å²) in [6, 6.07) is 14.1. The lowest BCUT2D eigenvalue weighted by Crippen LogP contribution is -2.42. The first-order valence-corrected chi connectivity index (χ1v) is 12.8. The van der Waals surface area contributed by atoms with Crippen molar-refractivity contribution in [2.24, 2.45) is 5.92 Å². The molecule has 0 saturated carbocycles. The molecule has 0 saturated heterocycles. The number of fused-ring (bicyclic) bond motifs is 6. The minimum absolute atomic E-state index is 0.157. The molecule has 1 atom stereocenters. The van der Waals surface area contributed by atoms with Crippen LogP contribution in [0.2, 0.25) is 0 Å². The lowest BCUT2D eigenvalue weighted by Gasteiger charge is -2.21. The normalized spacial score (nSPS) is 16.6. The number of anilines is 4. The fourth-order valence-corrected chi connectivity index (χ4v) is 4.15. The molecule has 4 rings (SSSR count). The standard InChI is InChI=1S/C28H34N6O5/c1-18(2)11-21-14-27(35)29-9-10-38-24-13-20(7-8-23(24)37-3)33-26-15-25(30-17-31-26)32-19-5-4-6-22(12-19)39-16-28(36)34-21/h4-8,12-13,15,17-18,21H,9-11,14,16H2,1-3H3,(H,29,35)(H,34,36)(H2,30,31,32,33). The quantitative estimate of drug-likeness (QED) is 0.396. The van der Waals surface area contributed by atoms with Crippen LogP contribution >= 0.6 is 0 Å². The minimum Gasteiger partial charge on any atom is -0.493 e. The number of benzene rings is 2. The SMILES string of the molecule is COc1ccc2cc1OCCNC(=O)CC(CC(C)C)NC(=O)COc1cccc(c1)Nc1cc(ncn1)N2. The van der Waals surface area contributed by atoms with E-state index in [0.717, 1.165) is 11.4 Å². The maximum Gasteiger partial charge on any atom is 0.258 e. The molecule has 3 aromatic rings. The number of nitrogens with one attached hydrogen (secondary N) is 4. The van der Waals surface area contributed by atoms with Crippen LogP contribution in [0, 0.1) is 5.92 Å². The fraction of sp³-hybridized carbons (Fsp3) is 0.357. The number of ether oxygens (including phenoxy) is 3. The topological polar surface area (TPSA) is 136 Å². The second-order valence-electron chi connectivity index (χ2n) is 9.52. The van der Waals surface area contributed by atoms with Crippen LogP contribution in [0.15, 0.2) is 54.9 Å². The Hall–Kier alpha value is -4.54. The number of nitrogens with zero attached hydrogens (tertiary/aromatic N) is 2. The maximum atomic E-state index is 12.6. The predicted octanol–water partition coefficient (Wildman–Crippen LogP) is 3.78. The van der Waals surface area contributed by atoms with Crippen LogP contribution < -0.4 is 35.5 Å². The van der Waals surface area contributed by atoms with Gasteiger partial charge in [-0.1, -0.05) is 19.9 Å². The van der Waals surface area contributed by atoms with Crippen molar-refractivity contribution in [3.05, 3.63) is 54.9 Å². The number of rotatable bonds is 3. The summed E-state index contributed by atoms with van der Waals surface area (Å²) in [6.45, 7) is 4.45. The third kappa shape index (κ3) is 8.49. The Kier molecular flexibility index (Phi) is 9.39. The van der Waals surface area contributed by atoms with Crippen LogP contribution in [0.25, 0.3) is 0 Å². The first-order valence-electron chi connectivity index (χ1n) is 12.8. The predicted molar refractivity (Wildman–Crippen MR) is 148 cm³/mol. The van der Waals surface area contributed by atoms with Gasteiger partial charge in [0.1, 0.15) is 30.3 Å². The van der Waals surface area contributed by atoms with Crippen molar-refractivity contribution in [2.75, 3.05) is 37.5 Å². The van der Waals surface area contributed by atoms with Crippen molar-refractivity contribution in [3.63, 3.8) is 0 Å². The summed E-state index contributed by atoms with van der Waals surface area (Å²) in [6.07, 6.45) is 2.27. The van der Waals surface area contributed by atoms with Crippen molar-refractivity contribution in [1.29, 1.82) is 0 Å². The first kappa shape index (κ1) is 27.5. The third-order valence-electron chi connectivity index (χ3n) is 5.81. The second-order valence-corrected chi connectivity index (χ2v) is 9.52. The first-order chi connectivity index (χ1) is 18.9. The molecule has 1 aliphatic rings. The van der Waals surface area contributed by atoms with E-state index >= 15 is 0 Å². The Labute approximate surface area is 227 Å². The molecule has 2 amide bonds. The van der Waals surface area contributed by atoms with Gasteiger partial charge in [-0.2, -0.15) is 0 Å². The van der Waals surface area contributed by atoms with E-state index in [0.29, 0.717) is 47.8 Å². The fourth-order valence-electron chi connectivity index (χ4n) is 4.15. The molecule has 39 heavy (non-hydrogen) atoms. The van der Waals surface area contributed by atoms with Gasteiger partial charge in [0, 0.05) is 42.0 Å². The molecule has 11 nitrogen and oxygen atoms in total. The summed E-state index contributed by atoms with van der Waals surface area (Å²) >= 11 is 0. The molecular formula is C28H34N6O5. The average Bonchev–Trinajstić information content (AvgIpc) is 2.90. The summed E-state index contributed by atoms with van der Waals surface area (Å²) in [5.41, 5.74) is 1.47. The van der Waals surface area contributed by atoms with Crippen LogP contribution in [0.3, 0.4) is 0 Å². The Morgan fingerprint density at radius 3 is 2.49 bits per heavy atom. The average molecular weight is 535 g/mol. The minimum atomic E-state index is -0.317. The van der Waals surface area contributed by atoms with Crippen LogP contribution in [-0.2, 0) is 9.59 Å². The van der Waals surface area contributed by atoms with Crippen molar-refractivity contribution in [1.82, 2.24) is 20.6 Å². The highest BCUT2D eigenvalue weighted by molar-refractivity contribution is 5.80. The number of hydrogen-bond acceptors (Lipinski definition) is 9. The van der Waals surface area contributed by atoms with E-state index in [1.807, 2.05) is 32.0 Å². The van der Waals surface area contributed by atoms with E-state index in [1.54, 1.807) is 37.4 Å². The Morgan fingerprint density at radius 2 is 1.74 bits per heavy atom. The summed E-state index contributed by atoms with van der Waals surface area (Å²) in [5.74, 6) is 2.57. The van der Waals surface area contributed by atoms with Gasteiger partial charge in [-0.3, -0.25) is 9.59 Å². The summed E-state index contributed by atoms with van der Waals surface area (Å²) in [4.78, 5) is 33.9. The second kappa shape index (κ2) is 13.3. The van der Waals surface area contributed by atoms with Crippen molar-refractivity contribution in [3.8, 4) is 17.2 Å². The number of hydrogen-bond donors (Lipinski definition) is 4. The molecule has 11 heteroatoms. The van der Waals surface area contributed by atoms with Crippen LogP contribution in [0.1, 0.15) is 26.7 Å². The molecular weight excluding hydrogens is 500 g/mol. The molecule has 0 aliphatic carbocycles. The van der Waals surface area contributed by atoms with E-state index in [1.165, 1.54) is 6.33 Å². The van der Waals surface area contributed by atoms with E-state index in [2.05, 4.69) is 31.2 Å². The highest BCUT2D eigenvalue weighted by Gasteiger charge is 2.18. The number of carbonyl (C=O) groups is 2. The van der Waals surface area contributed by atoms with Gasteiger partial charge in [-0.15, -0.1) is 0 Å². The molecule has 1 aromatic heterocycles.